The summed E-state index contributed by atoms with van der Waals surface area (Å²) >= 11 is 0. The zero-order chi connectivity index (χ0) is 13.1. The summed E-state index contributed by atoms with van der Waals surface area (Å²) < 4.78 is 10.3. The van der Waals surface area contributed by atoms with E-state index in [1.165, 1.54) is 0 Å². The van der Waals surface area contributed by atoms with Crippen molar-refractivity contribution < 1.29 is 13.9 Å². The molecule has 0 aliphatic heterocycles. The number of nitrogens with zero attached hydrogens (tertiary/aromatic N) is 2. The van der Waals surface area contributed by atoms with Crippen LogP contribution in [0.2, 0.25) is 0 Å². The first-order chi connectivity index (χ1) is 8.58. The molecule has 2 rings (SSSR count). The van der Waals surface area contributed by atoms with Crippen molar-refractivity contribution in [1.82, 2.24) is 9.78 Å². The summed E-state index contributed by atoms with van der Waals surface area (Å²) in [6.07, 6.45) is -1.18. The highest BCUT2D eigenvalue weighted by molar-refractivity contribution is 5.69. The minimum Gasteiger partial charge on any atom is -0.445 e. The Kier molecular flexibility index (Phi) is 3.27. The Morgan fingerprint density at radius 2 is 2.00 bits per heavy atom. The van der Waals surface area contributed by atoms with Crippen LogP contribution in [0, 0.1) is 0 Å². The molecule has 1 aromatic heterocycles. The lowest BCUT2D eigenvalue weighted by atomic mass is 10.2. The fraction of sp³-hybridized carbons (Fsp3) is 0.250. The largest absolute Gasteiger partial charge is 0.447 e. The maximum Gasteiger partial charge on any atom is 0.447 e. The number of carbonyl (C=O) groups excluding carboxylic acids is 1. The number of ether oxygens (including phenoxy) is 1. The maximum absolute atomic E-state index is 11.5. The fourth-order valence-electron chi connectivity index (χ4n) is 1.34. The lowest BCUT2D eigenvalue weighted by Gasteiger charge is -2.04. The SMILES string of the molecule is CC(C)OC(=O)n1nc(-c2ccccc2)oc1=O. The Hall–Kier alpha value is -2.37. The van der Waals surface area contributed by atoms with E-state index in [-0.39, 0.29) is 12.0 Å². The molecule has 0 unspecified atom stereocenters. The minimum absolute atomic E-state index is 0.0845. The zero-order valence-corrected chi connectivity index (χ0v) is 9.99. The maximum atomic E-state index is 11.5. The molecule has 94 valence electrons. The zero-order valence-electron chi connectivity index (χ0n) is 9.99. The molecule has 1 aromatic carbocycles. The van der Waals surface area contributed by atoms with Gasteiger partial charge in [-0.05, 0) is 26.0 Å². The number of hydrogen-bond acceptors (Lipinski definition) is 5. The second-order valence-electron chi connectivity index (χ2n) is 3.88. The smallest absolute Gasteiger partial charge is 0.445 e. The molecule has 0 radical (unpaired) electrons. The molecule has 0 bridgehead atoms. The van der Waals surface area contributed by atoms with Gasteiger partial charge in [0.1, 0.15) is 0 Å². The van der Waals surface area contributed by atoms with E-state index in [1.54, 1.807) is 38.1 Å². The molecule has 0 saturated heterocycles. The predicted octanol–water partition coefficient (Wildman–Crippen LogP) is 1.90. The summed E-state index contributed by atoms with van der Waals surface area (Å²) in [6, 6.07) is 8.83. The molecule has 6 nitrogen and oxygen atoms in total. The van der Waals surface area contributed by atoms with Crippen LogP contribution < -0.4 is 5.76 Å². The number of carbonyl (C=O) groups is 1. The van der Waals surface area contributed by atoms with Crippen molar-refractivity contribution in [3.8, 4) is 11.5 Å². The van der Waals surface area contributed by atoms with Crippen LogP contribution in [-0.4, -0.2) is 22.0 Å². The van der Waals surface area contributed by atoms with Crippen molar-refractivity contribution in [3.63, 3.8) is 0 Å². The average Bonchev–Trinajstić information content (AvgIpc) is 2.72. The third-order valence-corrected chi connectivity index (χ3v) is 2.08. The summed E-state index contributed by atoms with van der Waals surface area (Å²) in [5, 5.41) is 3.80. The summed E-state index contributed by atoms with van der Waals surface area (Å²) in [5.41, 5.74) is 0.616. The molecule has 6 heteroatoms. The highest BCUT2D eigenvalue weighted by Crippen LogP contribution is 2.13. The van der Waals surface area contributed by atoms with E-state index in [9.17, 15) is 9.59 Å². The van der Waals surface area contributed by atoms with E-state index in [2.05, 4.69) is 5.10 Å². The first-order valence-electron chi connectivity index (χ1n) is 5.44. The van der Waals surface area contributed by atoms with E-state index >= 15 is 0 Å². The molecule has 0 aliphatic rings. The van der Waals surface area contributed by atoms with Crippen molar-refractivity contribution >= 4 is 6.09 Å². The molecule has 0 atom stereocenters. The summed E-state index contributed by atoms with van der Waals surface area (Å²) in [7, 11) is 0. The van der Waals surface area contributed by atoms with Gasteiger partial charge in [-0.1, -0.05) is 22.9 Å². The molecule has 0 saturated carbocycles. The van der Waals surface area contributed by atoms with Crippen molar-refractivity contribution in [2.24, 2.45) is 0 Å². The quantitative estimate of drug-likeness (QED) is 0.811. The number of rotatable bonds is 2. The number of benzene rings is 1. The van der Waals surface area contributed by atoms with Crippen LogP contribution >= 0.6 is 0 Å². The predicted molar refractivity (Wildman–Crippen MR) is 63.2 cm³/mol. The minimum atomic E-state index is -0.862. The van der Waals surface area contributed by atoms with Crippen LogP contribution in [0.3, 0.4) is 0 Å². The van der Waals surface area contributed by atoms with Crippen molar-refractivity contribution in [2.45, 2.75) is 20.0 Å². The summed E-state index contributed by atoms with van der Waals surface area (Å²) in [5.74, 6) is -0.777. The monoisotopic (exact) mass is 248 g/mol. The Bertz CT molecular complexity index is 598. The van der Waals surface area contributed by atoms with Crippen LogP contribution in [0.15, 0.2) is 39.5 Å². The normalized spacial score (nSPS) is 10.6. The topological polar surface area (TPSA) is 74.3 Å². The van der Waals surface area contributed by atoms with Crippen LogP contribution in [0.25, 0.3) is 11.5 Å². The Morgan fingerprint density at radius 1 is 1.33 bits per heavy atom. The van der Waals surface area contributed by atoms with Gasteiger partial charge < -0.3 is 9.15 Å². The molecular formula is C12H12N2O4. The van der Waals surface area contributed by atoms with Crippen LogP contribution in [-0.2, 0) is 4.74 Å². The van der Waals surface area contributed by atoms with Gasteiger partial charge in [0.05, 0.1) is 6.10 Å². The molecule has 0 amide bonds. The van der Waals surface area contributed by atoms with Crippen LogP contribution in [0.4, 0.5) is 4.79 Å². The Balaban J connectivity index is 2.33. The summed E-state index contributed by atoms with van der Waals surface area (Å²) in [4.78, 5) is 23.0. The van der Waals surface area contributed by atoms with E-state index in [0.717, 1.165) is 0 Å². The third-order valence-electron chi connectivity index (χ3n) is 2.08. The van der Waals surface area contributed by atoms with E-state index < -0.39 is 11.8 Å². The third kappa shape index (κ3) is 2.48. The molecule has 2 aromatic rings. The van der Waals surface area contributed by atoms with Gasteiger partial charge >= 0.3 is 11.8 Å². The van der Waals surface area contributed by atoms with Gasteiger partial charge in [0.15, 0.2) is 0 Å². The second kappa shape index (κ2) is 4.87. The molecule has 18 heavy (non-hydrogen) atoms. The van der Waals surface area contributed by atoms with Gasteiger partial charge in [-0.15, -0.1) is 5.10 Å². The summed E-state index contributed by atoms with van der Waals surface area (Å²) in [6.45, 7) is 3.36. The lowest BCUT2D eigenvalue weighted by molar-refractivity contribution is 0.112. The Morgan fingerprint density at radius 3 is 2.61 bits per heavy atom. The van der Waals surface area contributed by atoms with Gasteiger partial charge in [-0.25, -0.2) is 9.59 Å². The number of hydrogen-bond donors (Lipinski definition) is 0. The highest BCUT2D eigenvalue weighted by Gasteiger charge is 2.17. The second-order valence-corrected chi connectivity index (χ2v) is 3.88. The van der Waals surface area contributed by atoms with E-state index in [1.807, 2.05) is 6.07 Å². The standard InChI is InChI=1S/C12H12N2O4/c1-8(2)17-11(15)14-12(16)18-10(13-14)9-6-4-3-5-7-9/h3-8H,1-2H3. The fourth-order valence-corrected chi connectivity index (χ4v) is 1.34. The van der Waals surface area contributed by atoms with Crippen LogP contribution in [0.5, 0.6) is 0 Å². The number of aromatic nitrogens is 2. The van der Waals surface area contributed by atoms with Gasteiger partial charge in [-0.2, -0.15) is 0 Å². The van der Waals surface area contributed by atoms with Gasteiger partial charge in [0.25, 0.3) is 0 Å². The van der Waals surface area contributed by atoms with Gasteiger partial charge in [-0.3, -0.25) is 0 Å². The van der Waals surface area contributed by atoms with Crippen molar-refractivity contribution in [2.75, 3.05) is 0 Å². The van der Waals surface area contributed by atoms with E-state index in [4.69, 9.17) is 9.15 Å². The molecular weight excluding hydrogens is 236 g/mol. The molecule has 0 N–H and O–H groups in total. The van der Waals surface area contributed by atoms with Gasteiger partial charge in [0, 0.05) is 5.56 Å². The van der Waals surface area contributed by atoms with Crippen molar-refractivity contribution in [3.05, 3.63) is 40.9 Å². The molecule has 1 heterocycles. The Labute approximate surface area is 103 Å². The van der Waals surface area contributed by atoms with E-state index in [0.29, 0.717) is 10.2 Å². The molecule has 0 aliphatic carbocycles. The average molecular weight is 248 g/mol. The first-order valence-corrected chi connectivity index (χ1v) is 5.44. The molecule has 0 spiro atoms. The lowest BCUT2D eigenvalue weighted by Crippen LogP contribution is -2.27. The van der Waals surface area contributed by atoms with Gasteiger partial charge in [0.2, 0.25) is 5.89 Å². The van der Waals surface area contributed by atoms with Crippen molar-refractivity contribution in [1.29, 1.82) is 0 Å². The first kappa shape index (κ1) is 12.1. The highest BCUT2D eigenvalue weighted by atomic mass is 16.6. The molecule has 0 fully saturated rings. The van der Waals surface area contributed by atoms with Crippen LogP contribution in [0.1, 0.15) is 13.8 Å².